The van der Waals surface area contributed by atoms with E-state index in [2.05, 4.69) is 0 Å². The van der Waals surface area contributed by atoms with Crippen molar-refractivity contribution < 1.29 is 14.6 Å². The van der Waals surface area contributed by atoms with Crippen LogP contribution in [0.5, 0.6) is 0 Å². The van der Waals surface area contributed by atoms with Gasteiger partial charge in [-0.2, -0.15) is 0 Å². The number of nitro groups is 2. The lowest BCUT2D eigenvalue weighted by atomic mass is 9.89. The summed E-state index contributed by atoms with van der Waals surface area (Å²) in [6.07, 6.45) is 2.53. The molecule has 8 heteroatoms. The molecule has 1 rings (SSSR count). The number of carbonyl (C=O) groups is 1. The van der Waals surface area contributed by atoms with Crippen molar-refractivity contribution in [2.24, 2.45) is 5.73 Å². The van der Waals surface area contributed by atoms with Crippen LogP contribution in [0.1, 0.15) is 6.42 Å². The molecular formula is C7H7N3O5. The molecule has 1 aliphatic rings. The molecule has 0 saturated heterocycles. The lowest BCUT2D eigenvalue weighted by molar-refractivity contribution is -0.545. The standard InChI is InChI=1S/C7H7N3O5/c8-6(11)7(10(14)15)3-1-2-5(4-7)9(12)13/h1-3H,4H2,(H2,8,11). The van der Waals surface area contributed by atoms with Gasteiger partial charge in [-0.1, -0.05) is 6.08 Å². The summed E-state index contributed by atoms with van der Waals surface area (Å²) < 4.78 is 0. The summed E-state index contributed by atoms with van der Waals surface area (Å²) in [4.78, 5) is 30.4. The van der Waals surface area contributed by atoms with Crippen molar-refractivity contribution in [2.45, 2.75) is 12.0 Å². The van der Waals surface area contributed by atoms with Crippen LogP contribution in [0.25, 0.3) is 0 Å². The van der Waals surface area contributed by atoms with Crippen LogP contribution in [0.2, 0.25) is 0 Å². The number of carbonyl (C=O) groups excluding carboxylic acids is 1. The van der Waals surface area contributed by atoms with E-state index in [1.165, 1.54) is 0 Å². The predicted octanol–water partition coefficient (Wildman–Crippen LogP) is -0.392. The maximum Gasteiger partial charge on any atom is 0.326 e. The van der Waals surface area contributed by atoms with Gasteiger partial charge in [-0.15, -0.1) is 0 Å². The molecule has 0 aliphatic heterocycles. The molecule has 0 aromatic carbocycles. The Morgan fingerprint density at radius 3 is 2.47 bits per heavy atom. The normalized spacial score (nSPS) is 24.4. The topological polar surface area (TPSA) is 129 Å². The summed E-state index contributed by atoms with van der Waals surface area (Å²) in [7, 11) is 0. The van der Waals surface area contributed by atoms with E-state index in [1.54, 1.807) is 0 Å². The first kappa shape index (κ1) is 10.8. The number of amides is 1. The van der Waals surface area contributed by atoms with E-state index in [0.717, 1.165) is 18.2 Å². The highest BCUT2D eigenvalue weighted by Crippen LogP contribution is 2.26. The van der Waals surface area contributed by atoms with Gasteiger partial charge >= 0.3 is 5.54 Å². The lowest BCUT2D eigenvalue weighted by Crippen LogP contribution is -2.50. The number of hydrogen-bond acceptors (Lipinski definition) is 5. The van der Waals surface area contributed by atoms with Crippen molar-refractivity contribution in [1.29, 1.82) is 0 Å². The molecule has 0 fully saturated rings. The van der Waals surface area contributed by atoms with Crippen LogP contribution in [-0.4, -0.2) is 21.3 Å². The Morgan fingerprint density at radius 2 is 2.07 bits per heavy atom. The van der Waals surface area contributed by atoms with Gasteiger partial charge in [0.05, 0.1) is 4.92 Å². The van der Waals surface area contributed by atoms with E-state index in [0.29, 0.717) is 0 Å². The molecular weight excluding hydrogens is 206 g/mol. The molecule has 0 aromatic heterocycles. The Bertz CT molecular complexity index is 383. The third-order valence-corrected chi connectivity index (χ3v) is 2.10. The highest BCUT2D eigenvalue weighted by molar-refractivity contribution is 5.86. The van der Waals surface area contributed by atoms with E-state index < -0.39 is 33.4 Å². The molecule has 0 radical (unpaired) electrons. The minimum atomic E-state index is -2.20. The van der Waals surface area contributed by atoms with E-state index in [1.807, 2.05) is 0 Å². The van der Waals surface area contributed by atoms with Gasteiger partial charge in [0.25, 0.3) is 11.6 Å². The molecule has 15 heavy (non-hydrogen) atoms. The van der Waals surface area contributed by atoms with Gasteiger partial charge in [0.1, 0.15) is 6.42 Å². The number of hydrogen-bond donors (Lipinski definition) is 1. The number of rotatable bonds is 3. The van der Waals surface area contributed by atoms with Gasteiger partial charge in [0.15, 0.2) is 0 Å². The van der Waals surface area contributed by atoms with Crippen molar-refractivity contribution in [2.75, 3.05) is 0 Å². The van der Waals surface area contributed by atoms with Gasteiger partial charge in [-0.25, -0.2) is 0 Å². The predicted molar refractivity (Wildman–Crippen MR) is 47.8 cm³/mol. The molecule has 1 unspecified atom stereocenters. The molecule has 0 saturated carbocycles. The Balaban J connectivity index is 3.14. The fourth-order valence-corrected chi connectivity index (χ4v) is 1.22. The van der Waals surface area contributed by atoms with Crippen LogP contribution in [-0.2, 0) is 4.79 Å². The molecule has 1 atom stereocenters. The fourth-order valence-electron chi connectivity index (χ4n) is 1.22. The zero-order chi connectivity index (χ0) is 11.6. The smallest absolute Gasteiger partial charge is 0.326 e. The van der Waals surface area contributed by atoms with E-state index in [-0.39, 0.29) is 0 Å². The van der Waals surface area contributed by atoms with Crippen LogP contribution in [0, 0.1) is 20.2 Å². The average molecular weight is 213 g/mol. The average Bonchev–Trinajstić information content (AvgIpc) is 2.17. The number of nitrogens with zero attached hydrogens (tertiary/aromatic N) is 2. The number of allylic oxidation sites excluding steroid dienone is 2. The molecule has 8 nitrogen and oxygen atoms in total. The lowest BCUT2D eigenvalue weighted by Gasteiger charge is -2.18. The molecule has 1 amide bonds. The zero-order valence-electron chi connectivity index (χ0n) is 7.45. The van der Waals surface area contributed by atoms with Crippen LogP contribution >= 0.6 is 0 Å². The van der Waals surface area contributed by atoms with Gasteiger partial charge < -0.3 is 5.73 Å². The maximum absolute atomic E-state index is 11.0. The van der Waals surface area contributed by atoms with Crippen molar-refractivity contribution >= 4 is 5.91 Å². The first-order valence-corrected chi connectivity index (χ1v) is 3.87. The van der Waals surface area contributed by atoms with Crippen LogP contribution in [0.4, 0.5) is 0 Å². The van der Waals surface area contributed by atoms with Crippen molar-refractivity contribution in [3.63, 3.8) is 0 Å². The maximum atomic E-state index is 11.0. The number of primary amides is 1. The Labute approximate surface area is 83.4 Å². The second-order valence-corrected chi connectivity index (χ2v) is 3.00. The van der Waals surface area contributed by atoms with Gasteiger partial charge in [-0.3, -0.25) is 25.0 Å². The summed E-state index contributed by atoms with van der Waals surface area (Å²) in [5.41, 5.74) is 2.28. The molecule has 2 N–H and O–H groups in total. The Morgan fingerprint density at radius 1 is 1.47 bits per heavy atom. The quantitative estimate of drug-likeness (QED) is 0.503. The third kappa shape index (κ3) is 1.68. The minimum absolute atomic E-state index is 0.409. The SMILES string of the molecule is NC(=O)C1([N+](=O)[O-])C=CC=C([N+](=O)[O-])C1. The molecule has 0 heterocycles. The summed E-state index contributed by atoms with van der Waals surface area (Å²) in [5.74, 6) is -1.21. The summed E-state index contributed by atoms with van der Waals surface area (Å²) in [6.45, 7) is 0. The van der Waals surface area contributed by atoms with Crippen LogP contribution in [0.15, 0.2) is 23.9 Å². The minimum Gasteiger partial charge on any atom is -0.363 e. The van der Waals surface area contributed by atoms with Crippen LogP contribution in [0.3, 0.4) is 0 Å². The monoisotopic (exact) mass is 213 g/mol. The summed E-state index contributed by atoms with van der Waals surface area (Å²) in [6, 6.07) is 0. The highest BCUT2D eigenvalue weighted by Gasteiger charge is 2.51. The summed E-state index contributed by atoms with van der Waals surface area (Å²) in [5, 5.41) is 21.1. The van der Waals surface area contributed by atoms with E-state index >= 15 is 0 Å². The molecule has 0 spiro atoms. The molecule has 0 bridgehead atoms. The second-order valence-electron chi connectivity index (χ2n) is 3.00. The summed E-state index contributed by atoms with van der Waals surface area (Å²) >= 11 is 0. The third-order valence-electron chi connectivity index (χ3n) is 2.10. The zero-order valence-corrected chi connectivity index (χ0v) is 7.45. The molecule has 80 valence electrons. The fraction of sp³-hybridized carbons (Fsp3) is 0.286. The largest absolute Gasteiger partial charge is 0.363 e. The van der Waals surface area contributed by atoms with Gasteiger partial charge in [0.2, 0.25) is 0 Å². The second kappa shape index (κ2) is 3.48. The van der Waals surface area contributed by atoms with Gasteiger partial charge in [0, 0.05) is 17.1 Å². The molecule has 0 aromatic rings. The Kier molecular flexibility index (Phi) is 2.51. The van der Waals surface area contributed by atoms with E-state index in [9.17, 15) is 25.0 Å². The van der Waals surface area contributed by atoms with Crippen molar-refractivity contribution in [1.82, 2.24) is 0 Å². The highest BCUT2D eigenvalue weighted by atomic mass is 16.6. The Hall–Kier alpha value is -2.25. The number of nitrogens with two attached hydrogens (primary N) is 1. The van der Waals surface area contributed by atoms with E-state index in [4.69, 9.17) is 5.73 Å². The van der Waals surface area contributed by atoms with Crippen molar-refractivity contribution in [3.05, 3.63) is 44.2 Å². The first-order valence-electron chi connectivity index (χ1n) is 3.87. The van der Waals surface area contributed by atoms with Crippen molar-refractivity contribution in [3.8, 4) is 0 Å². The van der Waals surface area contributed by atoms with Crippen LogP contribution < -0.4 is 5.73 Å². The van der Waals surface area contributed by atoms with Gasteiger partial charge in [-0.05, 0) is 0 Å². The molecule has 1 aliphatic carbocycles. The first-order chi connectivity index (χ1) is 6.90.